The molecule has 366 valence electrons. The summed E-state index contributed by atoms with van der Waals surface area (Å²) in [5, 5.41) is 3.92. The Balaban J connectivity index is 1.18. The molecule has 2 aliphatic heterocycles. The third-order valence-electron chi connectivity index (χ3n) is 17.3. The first-order chi connectivity index (χ1) is 36.0. The molecule has 2 aromatic heterocycles. The van der Waals surface area contributed by atoms with Gasteiger partial charge in [0.15, 0.2) is 0 Å². The van der Waals surface area contributed by atoms with Gasteiger partial charge in [0.25, 0.3) is 0 Å². The highest BCUT2D eigenvalue weighted by Crippen LogP contribution is 2.56. The molecule has 75 heavy (non-hydrogen) atoms. The Morgan fingerprint density at radius 1 is 0.467 bits per heavy atom. The first kappa shape index (κ1) is 46.0. The second kappa shape index (κ2) is 16.0. The van der Waals surface area contributed by atoms with Gasteiger partial charge in [-0.2, -0.15) is 0 Å². The van der Waals surface area contributed by atoms with Crippen LogP contribution in [0.1, 0.15) is 103 Å². The summed E-state index contributed by atoms with van der Waals surface area (Å²) >= 11 is 1.95. The molecule has 3 aliphatic rings. The second-order valence-electron chi connectivity index (χ2n) is 24.6. The SMILES string of the molecule is CC(C)(C)c1ccc(N2c3cc4c(cc3B3c5c(cc(C(C)(C)C)cc52)-c2ccc(N(c5ccccc5)c5ccccc5)c5c6c7ccccc7sc6n3c25)C(C)(C)c2ccccc2C4(C)C)c(-c2ccccc2)c1. The van der Waals surface area contributed by atoms with Crippen molar-refractivity contribution in [1.82, 2.24) is 4.48 Å². The molecular formula is C70H62BN3S. The molecule has 0 saturated heterocycles. The van der Waals surface area contributed by atoms with E-state index >= 15 is 0 Å². The molecular weight excluding hydrogens is 926 g/mol. The summed E-state index contributed by atoms with van der Waals surface area (Å²) in [5.41, 5.74) is 23.7. The van der Waals surface area contributed by atoms with Crippen LogP contribution in [-0.4, -0.2) is 11.3 Å². The topological polar surface area (TPSA) is 11.4 Å². The fraction of sp³-hybridized carbons (Fsp3) is 0.200. The zero-order chi connectivity index (χ0) is 51.5. The summed E-state index contributed by atoms with van der Waals surface area (Å²) in [6.45, 7) is 23.9. The zero-order valence-electron chi connectivity index (χ0n) is 44.8. The zero-order valence-corrected chi connectivity index (χ0v) is 45.6. The lowest BCUT2D eigenvalue weighted by molar-refractivity contribution is 0.521. The van der Waals surface area contributed by atoms with E-state index in [0.29, 0.717) is 0 Å². The van der Waals surface area contributed by atoms with Gasteiger partial charge in [-0.15, -0.1) is 11.3 Å². The van der Waals surface area contributed by atoms with Gasteiger partial charge in [0.05, 0.1) is 16.2 Å². The van der Waals surface area contributed by atoms with E-state index in [-0.39, 0.29) is 28.5 Å². The number of hydrogen-bond acceptors (Lipinski definition) is 3. The Bertz CT molecular complexity index is 4110. The Morgan fingerprint density at radius 2 is 1.04 bits per heavy atom. The van der Waals surface area contributed by atoms with Crippen molar-refractivity contribution >= 4 is 94.4 Å². The van der Waals surface area contributed by atoms with Gasteiger partial charge in [0.1, 0.15) is 0 Å². The minimum Gasteiger partial charge on any atom is -0.367 e. The highest BCUT2D eigenvalue weighted by Gasteiger charge is 2.49. The van der Waals surface area contributed by atoms with Crippen LogP contribution in [0.2, 0.25) is 0 Å². The number of benzene rings is 9. The average molecular weight is 988 g/mol. The summed E-state index contributed by atoms with van der Waals surface area (Å²) in [4.78, 5) is 6.50. The number of thiophene rings is 1. The van der Waals surface area contributed by atoms with E-state index in [1.807, 2.05) is 11.3 Å². The van der Waals surface area contributed by atoms with Crippen LogP contribution in [-0.2, 0) is 21.7 Å². The smallest absolute Gasteiger partial charge is 0.333 e. The van der Waals surface area contributed by atoms with Gasteiger partial charge in [-0.1, -0.05) is 203 Å². The lowest BCUT2D eigenvalue weighted by Crippen LogP contribution is -2.57. The highest BCUT2D eigenvalue weighted by molar-refractivity contribution is 7.26. The maximum atomic E-state index is 2.81. The summed E-state index contributed by atoms with van der Waals surface area (Å²) in [6.07, 6.45) is 0. The van der Waals surface area contributed by atoms with Crippen molar-refractivity contribution in [3.8, 4) is 22.3 Å². The number of aromatic nitrogens is 1. The number of para-hydroxylation sites is 2. The quantitative estimate of drug-likeness (QED) is 0.159. The molecule has 4 heterocycles. The molecule has 0 amide bonds. The summed E-state index contributed by atoms with van der Waals surface area (Å²) in [7, 11) is 0. The van der Waals surface area contributed by atoms with Crippen molar-refractivity contribution in [2.24, 2.45) is 0 Å². The van der Waals surface area contributed by atoms with Crippen molar-refractivity contribution in [1.29, 1.82) is 0 Å². The first-order valence-corrected chi connectivity index (χ1v) is 27.7. The summed E-state index contributed by atoms with van der Waals surface area (Å²) < 4.78 is 4.11. The Morgan fingerprint density at radius 3 is 1.68 bits per heavy atom. The van der Waals surface area contributed by atoms with Crippen LogP contribution < -0.4 is 20.7 Å². The van der Waals surface area contributed by atoms with E-state index in [4.69, 9.17) is 0 Å². The lowest BCUT2D eigenvalue weighted by Gasteiger charge is -2.47. The molecule has 0 atom stereocenters. The lowest BCUT2D eigenvalue weighted by atomic mass is 9.44. The molecule has 0 bridgehead atoms. The maximum Gasteiger partial charge on any atom is 0.333 e. The number of anilines is 6. The number of nitrogens with zero attached hydrogens (tertiary/aromatic N) is 3. The van der Waals surface area contributed by atoms with Crippen LogP contribution in [0, 0.1) is 0 Å². The highest BCUT2D eigenvalue weighted by atomic mass is 32.1. The van der Waals surface area contributed by atoms with E-state index in [1.165, 1.54) is 121 Å². The molecule has 0 saturated carbocycles. The number of fused-ring (bicyclic) bond motifs is 11. The van der Waals surface area contributed by atoms with Crippen LogP contribution in [0.5, 0.6) is 0 Å². The van der Waals surface area contributed by atoms with Crippen molar-refractivity contribution in [3.05, 3.63) is 228 Å². The van der Waals surface area contributed by atoms with Gasteiger partial charge < -0.3 is 14.3 Å². The molecule has 0 N–H and O–H groups in total. The minimum absolute atomic E-state index is 0.0467. The molecule has 3 nitrogen and oxygen atoms in total. The van der Waals surface area contributed by atoms with Gasteiger partial charge in [0, 0.05) is 71.1 Å². The summed E-state index contributed by atoms with van der Waals surface area (Å²) in [5.74, 6) is 0. The Kier molecular flexibility index (Phi) is 9.78. The van der Waals surface area contributed by atoms with E-state index < -0.39 is 0 Å². The molecule has 0 unspecified atom stereocenters. The minimum atomic E-state index is -0.259. The molecule has 1 aliphatic carbocycles. The van der Waals surface area contributed by atoms with E-state index in [2.05, 4.69) is 278 Å². The first-order valence-electron chi connectivity index (χ1n) is 26.9. The Labute approximate surface area is 446 Å². The standard InChI is InChI=1S/C70H62BN3S/c1-67(2,3)44-34-36-57(50(38-44)43-24-14-11-15-25-43)73-59-42-55-54(69(7,8)52-31-21-22-32-53(52)70(55,9)10)41-56(59)71-64-51(39-45(40-60(64)73)68(4,5)6)48-35-37-58(72(46-26-16-12-17-27-46)47-28-18-13-19-29-47)63-62-49-30-20-23-33-61(49)75-66(62)74(71)65(48)63/h11-42H,1-10H3. The van der Waals surface area contributed by atoms with Gasteiger partial charge >= 0.3 is 6.85 Å². The van der Waals surface area contributed by atoms with Crippen molar-refractivity contribution in [2.75, 3.05) is 9.80 Å². The number of hydrogen-bond donors (Lipinski definition) is 0. The van der Waals surface area contributed by atoms with Crippen molar-refractivity contribution in [2.45, 2.75) is 90.9 Å². The maximum absolute atomic E-state index is 2.81. The fourth-order valence-electron chi connectivity index (χ4n) is 13.4. The van der Waals surface area contributed by atoms with Gasteiger partial charge in [-0.25, -0.2) is 0 Å². The van der Waals surface area contributed by atoms with Crippen molar-refractivity contribution < 1.29 is 0 Å². The third kappa shape index (κ3) is 6.59. The molecule has 11 aromatic rings. The largest absolute Gasteiger partial charge is 0.367 e. The van der Waals surface area contributed by atoms with Crippen LogP contribution in [0.3, 0.4) is 0 Å². The molecule has 0 spiro atoms. The van der Waals surface area contributed by atoms with E-state index in [1.54, 1.807) is 0 Å². The van der Waals surface area contributed by atoms with Gasteiger partial charge in [-0.05, 0) is 127 Å². The van der Waals surface area contributed by atoms with Crippen LogP contribution >= 0.6 is 11.3 Å². The normalized spacial score (nSPS) is 15.0. The third-order valence-corrected chi connectivity index (χ3v) is 18.5. The van der Waals surface area contributed by atoms with E-state index in [9.17, 15) is 0 Å². The molecule has 0 fully saturated rings. The summed E-state index contributed by atoms with van der Waals surface area (Å²) in [6, 6.07) is 74.1. The number of rotatable bonds is 5. The predicted octanol–water partition coefficient (Wildman–Crippen LogP) is 18.1. The molecule has 9 aromatic carbocycles. The predicted molar refractivity (Wildman–Crippen MR) is 324 cm³/mol. The average Bonchev–Trinajstić information content (AvgIpc) is 3.98. The van der Waals surface area contributed by atoms with Gasteiger partial charge in [-0.3, -0.25) is 0 Å². The molecule has 0 radical (unpaired) electrons. The monoisotopic (exact) mass is 987 g/mol. The second-order valence-corrected chi connectivity index (χ2v) is 25.6. The van der Waals surface area contributed by atoms with Crippen LogP contribution in [0.4, 0.5) is 34.1 Å². The van der Waals surface area contributed by atoms with E-state index in [0.717, 1.165) is 11.4 Å². The Hall–Kier alpha value is -7.60. The fourth-order valence-corrected chi connectivity index (χ4v) is 14.6. The van der Waals surface area contributed by atoms with Gasteiger partial charge in [0.2, 0.25) is 0 Å². The molecule has 14 rings (SSSR count). The van der Waals surface area contributed by atoms with Crippen molar-refractivity contribution in [3.63, 3.8) is 0 Å². The molecule has 5 heteroatoms. The van der Waals surface area contributed by atoms with Crippen LogP contribution in [0.25, 0.3) is 53.5 Å². The van der Waals surface area contributed by atoms with Crippen LogP contribution in [0.15, 0.2) is 194 Å².